The molecule has 1 N–H and O–H groups in total. The smallest absolute Gasteiger partial charge is 0.264 e. The first-order chi connectivity index (χ1) is 18.8. The second kappa shape index (κ2) is 13.3. The molecule has 0 bridgehead atoms. The summed E-state index contributed by atoms with van der Waals surface area (Å²) in [6.45, 7) is 8.38. The summed E-state index contributed by atoms with van der Waals surface area (Å²) >= 11 is 6.26. The molecule has 0 saturated carbocycles. The van der Waals surface area contributed by atoms with Crippen molar-refractivity contribution in [3.63, 3.8) is 0 Å². The molecule has 0 fully saturated rings. The lowest BCUT2D eigenvalue weighted by Crippen LogP contribution is -2.53. The molecule has 10 heteroatoms. The number of amides is 2. The molecular weight excluding hydrogens is 553 g/mol. The van der Waals surface area contributed by atoms with Gasteiger partial charge in [-0.2, -0.15) is 0 Å². The molecule has 0 aromatic heterocycles. The highest BCUT2D eigenvalue weighted by Crippen LogP contribution is 2.30. The molecule has 3 aromatic rings. The predicted octanol–water partition coefficient (Wildman–Crippen LogP) is 5.62. The molecular formula is C30H35ClFN3O4S. The van der Waals surface area contributed by atoms with Crippen LogP contribution in [0.2, 0.25) is 5.02 Å². The number of nitrogens with one attached hydrogen (secondary N) is 1. The number of rotatable bonds is 11. The predicted molar refractivity (Wildman–Crippen MR) is 156 cm³/mol. The average Bonchev–Trinajstić information content (AvgIpc) is 2.89. The number of sulfonamides is 1. The lowest BCUT2D eigenvalue weighted by Gasteiger charge is -2.34. The molecule has 7 nitrogen and oxygen atoms in total. The minimum absolute atomic E-state index is 0.0138. The number of carbonyl (C=O) groups is 2. The molecule has 40 heavy (non-hydrogen) atoms. The minimum Gasteiger partial charge on any atom is -0.352 e. The Kier molecular flexibility index (Phi) is 10.3. The molecule has 0 aliphatic rings. The van der Waals surface area contributed by atoms with Crippen molar-refractivity contribution in [1.82, 2.24) is 10.2 Å². The van der Waals surface area contributed by atoms with Crippen molar-refractivity contribution in [3.8, 4) is 0 Å². The summed E-state index contributed by atoms with van der Waals surface area (Å²) in [5.74, 6) is -1.39. The molecule has 2 amide bonds. The maximum absolute atomic E-state index is 14.0. The molecule has 0 radical (unpaired) electrons. The highest BCUT2D eigenvalue weighted by Gasteiger charge is 2.34. The van der Waals surface area contributed by atoms with Gasteiger partial charge in [-0.05, 0) is 81.6 Å². The van der Waals surface area contributed by atoms with Gasteiger partial charge in [-0.15, -0.1) is 0 Å². The van der Waals surface area contributed by atoms with E-state index in [0.717, 1.165) is 9.87 Å². The summed E-state index contributed by atoms with van der Waals surface area (Å²) in [4.78, 5) is 28.6. The molecule has 0 saturated heterocycles. The van der Waals surface area contributed by atoms with Crippen LogP contribution in [0.5, 0.6) is 0 Å². The average molecular weight is 588 g/mol. The van der Waals surface area contributed by atoms with Gasteiger partial charge in [-0.3, -0.25) is 13.9 Å². The molecule has 0 aliphatic heterocycles. The van der Waals surface area contributed by atoms with Crippen LogP contribution in [0, 0.1) is 19.7 Å². The van der Waals surface area contributed by atoms with E-state index in [1.807, 2.05) is 20.8 Å². The van der Waals surface area contributed by atoms with Crippen LogP contribution in [0.3, 0.4) is 0 Å². The fourth-order valence-electron chi connectivity index (χ4n) is 4.29. The molecule has 1 atom stereocenters. The lowest BCUT2D eigenvalue weighted by atomic mass is 10.1. The van der Waals surface area contributed by atoms with E-state index >= 15 is 0 Å². The van der Waals surface area contributed by atoms with Gasteiger partial charge in [0.15, 0.2) is 0 Å². The van der Waals surface area contributed by atoms with Crippen molar-refractivity contribution >= 4 is 39.1 Å². The number of anilines is 1. The first-order valence-corrected chi connectivity index (χ1v) is 14.8. The molecule has 3 rings (SSSR count). The fourth-order valence-corrected chi connectivity index (χ4v) is 5.93. The van der Waals surface area contributed by atoms with Crippen molar-refractivity contribution in [2.45, 2.75) is 64.6 Å². The third-order valence-corrected chi connectivity index (χ3v) is 8.42. The summed E-state index contributed by atoms with van der Waals surface area (Å²) in [5.41, 5.74) is 2.33. The van der Waals surface area contributed by atoms with E-state index in [1.54, 1.807) is 38.1 Å². The van der Waals surface area contributed by atoms with Crippen molar-refractivity contribution in [2.24, 2.45) is 0 Å². The van der Waals surface area contributed by atoms with Gasteiger partial charge in [0.2, 0.25) is 11.8 Å². The summed E-state index contributed by atoms with van der Waals surface area (Å²) in [6, 6.07) is 15.7. The Hall–Kier alpha value is -3.43. The Labute approximate surface area is 241 Å². The van der Waals surface area contributed by atoms with Crippen molar-refractivity contribution in [1.29, 1.82) is 0 Å². The van der Waals surface area contributed by atoms with Gasteiger partial charge in [0.25, 0.3) is 10.0 Å². The highest BCUT2D eigenvalue weighted by atomic mass is 35.5. The normalized spacial score (nSPS) is 12.2. The maximum Gasteiger partial charge on any atom is 0.264 e. The first kappa shape index (κ1) is 31.1. The van der Waals surface area contributed by atoms with Crippen LogP contribution in [0.1, 0.15) is 43.9 Å². The van der Waals surface area contributed by atoms with Gasteiger partial charge >= 0.3 is 0 Å². The topological polar surface area (TPSA) is 86.8 Å². The monoisotopic (exact) mass is 587 g/mol. The number of hydrogen-bond donors (Lipinski definition) is 1. The van der Waals surface area contributed by atoms with Crippen LogP contribution in [-0.4, -0.2) is 43.8 Å². The van der Waals surface area contributed by atoms with Gasteiger partial charge in [-0.25, -0.2) is 12.8 Å². The molecule has 0 spiro atoms. The van der Waals surface area contributed by atoms with Crippen molar-refractivity contribution in [3.05, 3.63) is 94.3 Å². The number of halogens is 2. The Morgan fingerprint density at radius 2 is 1.60 bits per heavy atom. The zero-order chi connectivity index (χ0) is 29.6. The van der Waals surface area contributed by atoms with Gasteiger partial charge < -0.3 is 10.2 Å². The Balaban J connectivity index is 2.10. The van der Waals surface area contributed by atoms with Crippen LogP contribution >= 0.6 is 11.6 Å². The number of carbonyl (C=O) groups excluding carboxylic acids is 2. The third kappa shape index (κ3) is 7.61. The van der Waals surface area contributed by atoms with Gasteiger partial charge in [-0.1, -0.05) is 54.4 Å². The summed E-state index contributed by atoms with van der Waals surface area (Å²) < 4.78 is 42.6. The fraction of sp³-hybridized carbons (Fsp3) is 0.333. The van der Waals surface area contributed by atoms with E-state index < -0.39 is 34.3 Å². The quantitative estimate of drug-likeness (QED) is 0.315. The number of benzene rings is 3. The van der Waals surface area contributed by atoms with Gasteiger partial charge in [0.05, 0.1) is 10.6 Å². The maximum atomic E-state index is 14.0. The minimum atomic E-state index is -4.21. The third-order valence-electron chi connectivity index (χ3n) is 6.41. The zero-order valence-electron chi connectivity index (χ0n) is 23.3. The van der Waals surface area contributed by atoms with Crippen LogP contribution < -0.4 is 9.62 Å². The lowest BCUT2D eigenvalue weighted by molar-refractivity contribution is -0.140. The second-order valence-corrected chi connectivity index (χ2v) is 12.3. The van der Waals surface area contributed by atoms with Crippen LogP contribution in [0.25, 0.3) is 0 Å². The molecule has 214 valence electrons. The van der Waals surface area contributed by atoms with Crippen molar-refractivity contribution < 1.29 is 22.4 Å². The Morgan fingerprint density at radius 3 is 2.17 bits per heavy atom. The summed E-state index contributed by atoms with van der Waals surface area (Å²) in [5, 5.41) is 3.15. The van der Waals surface area contributed by atoms with E-state index in [0.29, 0.717) is 16.1 Å². The van der Waals surface area contributed by atoms with Crippen LogP contribution in [-0.2, 0) is 26.2 Å². The van der Waals surface area contributed by atoms with Crippen LogP contribution in [0.4, 0.5) is 10.1 Å². The number of hydrogen-bond acceptors (Lipinski definition) is 4. The van der Waals surface area contributed by atoms with Gasteiger partial charge in [0.1, 0.15) is 18.4 Å². The SMILES string of the molecule is CC[C@@H](C(=O)NC(C)C)N(Cc1ccc(F)cc1)C(=O)CN(c1cc(Cl)ccc1C)S(=O)(=O)c1ccc(C)cc1. The molecule has 0 aliphatic carbocycles. The highest BCUT2D eigenvalue weighted by molar-refractivity contribution is 7.92. The van der Waals surface area contributed by atoms with Crippen LogP contribution in [0.15, 0.2) is 71.6 Å². The van der Waals surface area contributed by atoms with E-state index in [2.05, 4.69) is 5.32 Å². The van der Waals surface area contributed by atoms with E-state index in [4.69, 9.17) is 11.6 Å². The zero-order valence-corrected chi connectivity index (χ0v) is 24.9. The second-order valence-electron chi connectivity index (χ2n) is 9.99. The van der Waals surface area contributed by atoms with E-state index in [1.165, 1.54) is 47.4 Å². The molecule has 0 unspecified atom stereocenters. The first-order valence-electron chi connectivity index (χ1n) is 13.0. The summed E-state index contributed by atoms with van der Waals surface area (Å²) in [7, 11) is -4.21. The molecule has 3 aromatic carbocycles. The van der Waals surface area contributed by atoms with Crippen molar-refractivity contribution in [2.75, 3.05) is 10.8 Å². The number of aryl methyl sites for hydroxylation is 2. The number of nitrogens with zero attached hydrogens (tertiary/aromatic N) is 2. The Morgan fingerprint density at radius 1 is 0.975 bits per heavy atom. The largest absolute Gasteiger partial charge is 0.352 e. The van der Waals surface area contributed by atoms with Gasteiger partial charge in [0, 0.05) is 17.6 Å². The molecule has 0 heterocycles. The van der Waals surface area contributed by atoms with E-state index in [9.17, 15) is 22.4 Å². The Bertz CT molecular complexity index is 1440. The standard InChI is InChI=1S/C30H35ClFN3O4S/c1-6-27(30(37)33-20(2)3)34(18-23-10-13-25(32)14-11-23)29(36)19-35(28-17-24(31)12-9-22(28)5)40(38,39)26-15-7-21(4)8-16-26/h7-17,20,27H,6,18-19H2,1-5H3,(H,33,37)/t27-/m0/s1. The summed E-state index contributed by atoms with van der Waals surface area (Å²) in [6.07, 6.45) is 0.284. The van der Waals surface area contributed by atoms with E-state index in [-0.39, 0.29) is 35.5 Å².